The van der Waals surface area contributed by atoms with Crippen molar-refractivity contribution in [3.8, 4) is 0 Å². The van der Waals surface area contributed by atoms with E-state index in [4.69, 9.17) is 11.6 Å². The third-order valence-corrected chi connectivity index (χ3v) is 5.67. The molecule has 2 heterocycles. The standard InChI is InChI=1S/C13H15ClN4O2S/c14-11-3-1-2-4-12(11)17-7-9-18(10-8-17)21(19,20)13-5-6-15-16-13/h1-6H,7-10H2,(H,15,16). The zero-order valence-corrected chi connectivity index (χ0v) is 12.8. The summed E-state index contributed by atoms with van der Waals surface area (Å²) in [5, 5.41) is 7.03. The van der Waals surface area contributed by atoms with Gasteiger partial charge in [-0.25, -0.2) is 8.42 Å². The Morgan fingerprint density at radius 3 is 2.43 bits per heavy atom. The van der Waals surface area contributed by atoms with Crippen LogP contribution < -0.4 is 4.90 Å². The van der Waals surface area contributed by atoms with E-state index in [1.54, 1.807) is 0 Å². The molecule has 0 aliphatic carbocycles. The molecule has 1 saturated heterocycles. The van der Waals surface area contributed by atoms with Gasteiger partial charge in [0.1, 0.15) is 0 Å². The molecular formula is C13H15ClN4O2S. The molecule has 0 amide bonds. The molecule has 0 spiro atoms. The van der Waals surface area contributed by atoms with E-state index in [1.165, 1.54) is 16.6 Å². The number of para-hydroxylation sites is 1. The van der Waals surface area contributed by atoms with Crippen molar-refractivity contribution in [2.75, 3.05) is 31.1 Å². The van der Waals surface area contributed by atoms with Crippen molar-refractivity contribution in [1.29, 1.82) is 0 Å². The molecule has 112 valence electrons. The van der Waals surface area contributed by atoms with E-state index in [2.05, 4.69) is 15.1 Å². The van der Waals surface area contributed by atoms with E-state index in [-0.39, 0.29) is 5.03 Å². The van der Waals surface area contributed by atoms with Crippen molar-refractivity contribution in [1.82, 2.24) is 14.5 Å². The van der Waals surface area contributed by atoms with Crippen LogP contribution in [0.1, 0.15) is 0 Å². The predicted octanol–water partition coefficient (Wildman–Crippen LogP) is 1.57. The summed E-state index contributed by atoms with van der Waals surface area (Å²) >= 11 is 6.18. The van der Waals surface area contributed by atoms with Crippen molar-refractivity contribution in [3.05, 3.63) is 41.6 Å². The fourth-order valence-corrected chi connectivity index (χ4v) is 3.98. The summed E-state index contributed by atoms with van der Waals surface area (Å²) in [4.78, 5) is 2.10. The van der Waals surface area contributed by atoms with Crippen molar-refractivity contribution in [2.24, 2.45) is 0 Å². The number of sulfonamides is 1. The smallest absolute Gasteiger partial charge is 0.260 e. The minimum absolute atomic E-state index is 0.133. The lowest BCUT2D eigenvalue weighted by Crippen LogP contribution is -2.48. The van der Waals surface area contributed by atoms with Crippen LogP contribution in [-0.4, -0.2) is 49.1 Å². The molecule has 0 bridgehead atoms. The monoisotopic (exact) mass is 326 g/mol. The Bertz CT molecular complexity index is 710. The molecule has 1 aromatic carbocycles. The number of anilines is 1. The van der Waals surface area contributed by atoms with E-state index >= 15 is 0 Å². The van der Waals surface area contributed by atoms with Gasteiger partial charge in [-0.05, 0) is 18.2 Å². The van der Waals surface area contributed by atoms with Gasteiger partial charge in [0.2, 0.25) is 0 Å². The lowest BCUT2D eigenvalue weighted by molar-refractivity contribution is 0.383. The maximum atomic E-state index is 12.4. The molecule has 1 fully saturated rings. The van der Waals surface area contributed by atoms with Crippen molar-refractivity contribution in [2.45, 2.75) is 5.03 Å². The highest BCUT2D eigenvalue weighted by Gasteiger charge is 2.29. The molecule has 2 aromatic rings. The minimum atomic E-state index is -3.48. The number of H-pyrrole nitrogens is 1. The Labute approximate surface area is 128 Å². The Kier molecular flexibility index (Phi) is 3.88. The predicted molar refractivity (Wildman–Crippen MR) is 81.0 cm³/mol. The second kappa shape index (κ2) is 5.67. The topological polar surface area (TPSA) is 69.3 Å². The molecule has 0 radical (unpaired) electrons. The normalized spacial score (nSPS) is 17.1. The maximum Gasteiger partial charge on any atom is 0.260 e. The van der Waals surface area contributed by atoms with Crippen LogP contribution in [0.2, 0.25) is 5.02 Å². The number of hydrogen-bond acceptors (Lipinski definition) is 4. The van der Waals surface area contributed by atoms with Gasteiger partial charge < -0.3 is 4.90 Å². The number of rotatable bonds is 3. The van der Waals surface area contributed by atoms with Crippen molar-refractivity contribution < 1.29 is 8.42 Å². The average molecular weight is 327 g/mol. The van der Waals surface area contributed by atoms with Crippen LogP contribution in [0.15, 0.2) is 41.6 Å². The second-order valence-corrected chi connectivity index (χ2v) is 7.08. The lowest BCUT2D eigenvalue weighted by Gasteiger charge is -2.35. The summed E-state index contributed by atoms with van der Waals surface area (Å²) in [7, 11) is -3.48. The summed E-state index contributed by atoms with van der Waals surface area (Å²) in [6.45, 7) is 2.06. The van der Waals surface area contributed by atoms with Gasteiger partial charge in [0.05, 0.1) is 16.9 Å². The molecule has 1 N–H and O–H groups in total. The zero-order valence-electron chi connectivity index (χ0n) is 11.2. The van der Waals surface area contributed by atoms with Gasteiger partial charge in [-0.1, -0.05) is 23.7 Å². The SMILES string of the molecule is O=S(=O)(c1ccn[nH]1)N1CCN(c2ccccc2Cl)CC1. The summed E-state index contributed by atoms with van der Waals surface area (Å²) in [5.74, 6) is 0. The van der Waals surface area contributed by atoms with E-state index in [9.17, 15) is 8.42 Å². The maximum absolute atomic E-state index is 12.4. The first-order valence-corrected chi connectivity index (χ1v) is 8.40. The lowest BCUT2D eigenvalue weighted by atomic mass is 10.2. The van der Waals surface area contributed by atoms with Gasteiger partial charge in [-0.15, -0.1) is 0 Å². The van der Waals surface area contributed by atoms with Crippen LogP contribution in [0.4, 0.5) is 5.69 Å². The van der Waals surface area contributed by atoms with Crippen LogP contribution in [0.5, 0.6) is 0 Å². The second-order valence-electron chi connectivity index (χ2n) is 4.76. The van der Waals surface area contributed by atoms with E-state index in [1.807, 2.05) is 24.3 Å². The van der Waals surface area contributed by atoms with E-state index in [0.717, 1.165) is 5.69 Å². The summed E-state index contributed by atoms with van der Waals surface area (Å²) in [6, 6.07) is 9.06. The average Bonchev–Trinajstić information content (AvgIpc) is 3.03. The molecule has 0 saturated carbocycles. The number of nitrogens with one attached hydrogen (secondary N) is 1. The number of benzene rings is 1. The number of aromatic amines is 1. The van der Waals surface area contributed by atoms with Gasteiger partial charge in [0, 0.05) is 26.2 Å². The molecule has 21 heavy (non-hydrogen) atoms. The Morgan fingerprint density at radius 1 is 1.10 bits per heavy atom. The fraction of sp³-hybridized carbons (Fsp3) is 0.308. The number of piperazine rings is 1. The highest BCUT2D eigenvalue weighted by molar-refractivity contribution is 7.89. The first-order valence-electron chi connectivity index (χ1n) is 6.58. The Hall–Kier alpha value is -1.57. The molecule has 1 aliphatic heterocycles. The number of hydrogen-bond donors (Lipinski definition) is 1. The van der Waals surface area contributed by atoms with Gasteiger partial charge in [-0.2, -0.15) is 9.40 Å². The largest absolute Gasteiger partial charge is 0.368 e. The fourth-order valence-electron chi connectivity index (χ4n) is 2.40. The van der Waals surface area contributed by atoms with Crippen molar-refractivity contribution >= 4 is 27.3 Å². The van der Waals surface area contributed by atoms with Crippen LogP contribution in [-0.2, 0) is 10.0 Å². The van der Waals surface area contributed by atoms with E-state index < -0.39 is 10.0 Å². The zero-order chi connectivity index (χ0) is 14.9. The minimum Gasteiger partial charge on any atom is -0.368 e. The molecule has 0 atom stereocenters. The number of aromatic nitrogens is 2. The first-order chi connectivity index (χ1) is 10.1. The first kappa shape index (κ1) is 14.4. The molecule has 0 unspecified atom stereocenters. The summed E-state index contributed by atoms with van der Waals surface area (Å²) in [5.41, 5.74) is 0.942. The Balaban J connectivity index is 1.73. The van der Waals surface area contributed by atoms with Crippen LogP contribution in [0.25, 0.3) is 0 Å². The summed E-state index contributed by atoms with van der Waals surface area (Å²) < 4.78 is 26.2. The molecule has 3 rings (SSSR count). The third-order valence-electron chi connectivity index (χ3n) is 3.52. The van der Waals surface area contributed by atoms with Gasteiger partial charge in [0.15, 0.2) is 5.03 Å². The van der Waals surface area contributed by atoms with E-state index in [0.29, 0.717) is 31.2 Å². The molecule has 1 aromatic heterocycles. The van der Waals surface area contributed by atoms with Gasteiger partial charge in [-0.3, -0.25) is 5.10 Å². The highest BCUT2D eigenvalue weighted by Crippen LogP contribution is 2.27. The van der Waals surface area contributed by atoms with Gasteiger partial charge >= 0.3 is 0 Å². The molecule has 8 heteroatoms. The summed E-state index contributed by atoms with van der Waals surface area (Å²) in [6.07, 6.45) is 1.44. The number of nitrogens with zero attached hydrogens (tertiary/aromatic N) is 3. The highest BCUT2D eigenvalue weighted by atomic mass is 35.5. The quantitative estimate of drug-likeness (QED) is 0.929. The van der Waals surface area contributed by atoms with Gasteiger partial charge in [0.25, 0.3) is 10.0 Å². The molecule has 1 aliphatic rings. The number of halogens is 1. The molecule has 6 nitrogen and oxygen atoms in total. The van der Waals surface area contributed by atoms with Crippen LogP contribution >= 0.6 is 11.6 Å². The third kappa shape index (κ3) is 2.76. The van der Waals surface area contributed by atoms with Crippen molar-refractivity contribution in [3.63, 3.8) is 0 Å². The van der Waals surface area contributed by atoms with Crippen LogP contribution in [0.3, 0.4) is 0 Å². The molecular weight excluding hydrogens is 312 g/mol. The Morgan fingerprint density at radius 2 is 1.81 bits per heavy atom. The van der Waals surface area contributed by atoms with Crippen LogP contribution in [0, 0.1) is 0 Å².